The molecule has 0 aliphatic heterocycles. The minimum atomic E-state index is -0.279. The maximum absolute atomic E-state index is 12.4. The van der Waals surface area contributed by atoms with Crippen LogP contribution >= 0.6 is 34.5 Å². The van der Waals surface area contributed by atoms with Crippen LogP contribution in [0.2, 0.25) is 10.2 Å². The van der Waals surface area contributed by atoms with Gasteiger partial charge in [0.05, 0.1) is 16.9 Å². The highest BCUT2D eigenvalue weighted by atomic mass is 35.5. The molecule has 1 aromatic carbocycles. The van der Waals surface area contributed by atoms with Crippen molar-refractivity contribution in [1.29, 1.82) is 0 Å². The number of para-hydroxylation sites is 1. The lowest BCUT2D eigenvalue weighted by Crippen LogP contribution is -2.11. The number of nitrogens with one attached hydrogen (secondary N) is 2. The van der Waals surface area contributed by atoms with Crippen molar-refractivity contribution in [2.24, 2.45) is 0 Å². The van der Waals surface area contributed by atoms with Gasteiger partial charge in [-0.3, -0.25) is 4.79 Å². The smallest absolute Gasteiger partial charge is 0.267 e. The Kier molecular flexibility index (Phi) is 7.53. The molecule has 0 unspecified atom stereocenters. The molecule has 0 saturated carbocycles. The van der Waals surface area contributed by atoms with E-state index in [1.54, 1.807) is 19.1 Å². The number of thiazole rings is 1. The van der Waals surface area contributed by atoms with Crippen LogP contribution in [0.4, 0.5) is 16.6 Å². The molecule has 2 aromatic heterocycles. The minimum absolute atomic E-state index is 0.279. The van der Waals surface area contributed by atoms with Crippen LogP contribution < -0.4 is 10.6 Å². The molecular formula is C18H19Cl2N5OS. The van der Waals surface area contributed by atoms with Crippen molar-refractivity contribution >= 4 is 57.1 Å². The number of aryl methyl sites for hydroxylation is 2. The predicted octanol–water partition coefficient (Wildman–Crippen LogP) is 5.88. The second-order valence-corrected chi connectivity index (χ2v) is 6.99. The highest BCUT2D eigenvalue weighted by molar-refractivity contribution is 7.17. The molecule has 3 rings (SSSR count). The Morgan fingerprint density at radius 3 is 2.56 bits per heavy atom. The zero-order chi connectivity index (χ0) is 20.0. The Balaban J connectivity index is 0.00000126. The van der Waals surface area contributed by atoms with Crippen LogP contribution in [0, 0.1) is 13.8 Å². The topological polar surface area (TPSA) is 79.8 Å². The van der Waals surface area contributed by atoms with Crippen molar-refractivity contribution in [3.63, 3.8) is 0 Å². The van der Waals surface area contributed by atoms with Crippen molar-refractivity contribution in [2.75, 3.05) is 10.6 Å². The number of nitrogens with zero attached hydrogens (tertiary/aromatic N) is 3. The zero-order valence-corrected chi connectivity index (χ0v) is 17.6. The van der Waals surface area contributed by atoms with Gasteiger partial charge in [-0.1, -0.05) is 60.5 Å². The number of amides is 1. The predicted molar refractivity (Wildman–Crippen MR) is 113 cm³/mol. The normalized spacial score (nSPS) is 10.0. The molecule has 27 heavy (non-hydrogen) atoms. The minimum Gasteiger partial charge on any atom is -0.320 e. The van der Waals surface area contributed by atoms with Crippen LogP contribution in [0.5, 0.6) is 0 Å². The number of rotatable bonds is 4. The molecule has 0 fully saturated rings. The molecule has 3 aromatic rings. The van der Waals surface area contributed by atoms with Crippen molar-refractivity contribution < 1.29 is 4.79 Å². The molecule has 0 aliphatic carbocycles. The van der Waals surface area contributed by atoms with E-state index in [1.165, 1.54) is 17.5 Å². The molecule has 0 aliphatic rings. The summed E-state index contributed by atoms with van der Waals surface area (Å²) in [6.07, 6.45) is 1.49. The average Bonchev–Trinajstić information content (AvgIpc) is 3.07. The fourth-order valence-corrected chi connectivity index (χ4v) is 3.32. The SMILES string of the molecule is CC.Cc1nc(Cl)cc(Nc2ncc(C(=O)Nc3c(C)cccc3Cl)s2)n1. The van der Waals surface area contributed by atoms with Crippen molar-refractivity contribution in [3.8, 4) is 0 Å². The van der Waals surface area contributed by atoms with Gasteiger partial charge in [-0.15, -0.1) is 0 Å². The van der Waals surface area contributed by atoms with E-state index in [4.69, 9.17) is 23.2 Å². The molecule has 0 atom stereocenters. The lowest BCUT2D eigenvalue weighted by atomic mass is 10.2. The van der Waals surface area contributed by atoms with Crippen LogP contribution in [-0.2, 0) is 0 Å². The second kappa shape index (κ2) is 9.64. The number of halogens is 2. The molecule has 1 amide bonds. The quantitative estimate of drug-likeness (QED) is 0.512. The van der Waals surface area contributed by atoms with Crippen LogP contribution in [0.3, 0.4) is 0 Å². The first-order valence-corrected chi connectivity index (χ1v) is 9.80. The van der Waals surface area contributed by atoms with Crippen molar-refractivity contribution in [1.82, 2.24) is 15.0 Å². The molecule has 142 valence electrons. The second-order valence-electron chi connectivity index (χ2n) is 5.16. The van der Waals surface area contributed by atoms with E-state index in [9.17, 15) is 4.79 Å². The lowest BCUT2D eigenvalue weighted by Gasteiger charge is -2.08. The van der Waals surface area contributed by atoms with Crippen LogP contribution in [0.15, 0.2) is 30.5 Å². The van der Waals surface area contributed by atoms with E-state index in [-0.39, 0.29) is 5.91 Å². The van der Waals surface area contributed by atoms with Gasteiger partial charge in [-0.2, -0.15) is 0 Å². The summed E-state index contributed by atoms with van der Waals surface area (Å²) in [6.45, 7) is 7.62. The number of carbonyl (C=O) groups is 1. The van der Waals surface area contributed by atoms with E-state index in [1.807, 2.05) is 32.9 Å². The average molecular weight is 424 g/mol. The summed E-state index contributed by atoms with van der Waals surface area (Å²) >= 11 is 13.2. The summed E-state index contributed by atoms with van der Waals surface area (Å²) in [6, 6.07) is 7.02. The van der Waals surface area contributed by atoms with E-state index < -0.39 is 0 Å². The fraction of sp³-hybridized carbons (Fsp3) is 0.222. The van der Waals surface area contributed by atoms with Crippen LogP contribution in [-0.4, -0.2) is 20.9 Å². The summed E-state index contributed by atoms with van der Waals surface area (Å²) in [5.74, 6) is 0.776. The summed E-state index contributed by atoms with van der Waals surface area (Å²) < 4.78 is 0. The Morgan fingerprint density at radius 1 is 1.15 bits per heavy atom. The number of aromatic nitrogens is 3. The molecule has 0 radical (unpaired) electrons. The van der Waals surface area contributed by atoms with Gasteiger partial charge in [0.25, 0.3) is 5.91 Å². The van der Waals surface area contributed by atoms with Gasteiger partial charge in [0.1, 0.15) is 21.7 Å². The molecule has 0 spiro atoms. The van der Waals surface area contributed by atoms with Gasteiger partial charge in [-0.05, 0) is 25.5 Å². The number of hydrogen-bond donors (Lipinski definition) is 2. The van der Waals surface area contributed by atoms with E-state index >= 15 is 0 Å². The van der Waals surface area contributed by atoms with Gasteiger partial charge in [0.2, 0.25) is 0 Å². The molecule has 2 N–H and O–H groups in total. The largest absolute Gasteiger partial charge is 0.320 e. The highest BCUT2D eigenvalue weighted by Crippen LogP contribution is 2.28. The Morgan fingerprint density at radius 2 is 1.89 bits per heavy atom. The molecule has 0 bridgehead atoms. The number of anilines is 3. The third-order valence-corrected chi connectivity index (χ3v) is 4.65. The first-order chi connectivity index (χ1) is 12.9. The Bertz CT molecular complexity index is 905. The standard InChI is InChI=1S/C16H13Cl2N5OS.C2H6/c1-8-4-3-5-10(17)14(8)23-15(24)11-7-19-16(25-11)22-13-6-12(18)20-9(2)21-13;1-2/h3-7H,1-2H3,(H,23,24)(H,19,20,21,22);1-2H3. The molecule has 9 heteroatoms. The van der Waals surface area contributed by atoms with Gasteiger partial charge < -0.3 is 10.6 Å². The third kappa shape index (κ3) is 5.63. The van der Waals surface area contributed by atoms with Gasteiger partial charge in [0, 0.05) is 6.07 Å². The van der Waals surface area contributed by atoms with Gasteiger partial charge in [0.15, 0.2) is 5.13 Å². The first-order valence-electron chi connectivity index (χ1n) is 8.23. The first kappa shape index (κ1) is 21.1. The monoisotopic (exact) mass is 423 g/mol. The molecule has 6 nitrogen and oxygen atoms in total. The fourth-order valence-electron chi connectivity index (χ4n) is 2.11. The summed E-state index contributed by atoms with van der Waals surface area (Å²) in [5, 5.41) is 7.17. The summed E-state index contributed by atoms with van der Waals surface area (Å²) in [7, 11) is 0. The van der Waals surface area contributed by atoms with E-state index in [2.05, 4.69) is 25.6 Å². The van der Waals surface area contributed by atoms with E-state index in [0.717, 1.165) is 5.56 Å². The zero-order valence-electron chi connectivity index (χ0n) is 15.3. The van der Waals surface area contributed by atoms with Crippen molar-refractivity contribution in [2.45, 2.75) is 27.7 Å². The molecular weight excluding hydrogens is 405 g/mol. The highest BCUT2D eigenvalue weighted by Gasteiger charge is 2.14. The lowest BCUT2D eigenvalue weighted by molar-refractivity contribution is 0.103. The van der Waals surface area contributed by atoms with Crippen molar-refractivity contribution in [3.05, 3.63) is 56.9 Å². The maximum Gasteiger partial charge on any atom is 0.267 e. The van der Waals surface area contributed by atoms with E-state index in [0.29, 0.717) is 37.5 Å². The maximum atomic E-state index is 12.4. The Hall–Kier alpha value is -2.22. The summed E-state index contributed by atoms with van der Waals surface area (Å²) in [4.78, 5) is 25.3. The number of benzene rings is 1. The Labute approximate surface area is 172 Å². The number of hydrogen-bond acceptors (Lipinski definition) is 6. The summed E-state index contributed by atoms with van der Waals surface area (Å²) in [5.41, 5.74) is 1.48. The molecule has 0 saturated heterocycles. The molecule has 2 heterocycles. The van der Waals surface area contributed by atoms with Gasteiger partial charge >= 0.3 is 0 Å². The third-order valence-electron chi connectivity index (χ3n) is 3.23. The van der Waals surface area contributed by atoms with Crippen LogP contribution in [0.25, 0.3) is 0 Å². The number of carbonyl (C=O) groups excluding carboxylic acids is 1. The van der Waals surface area contributed by atoms with Crippen LogP contribution in [0.1, 0.15) is 34.9 Å². The van der Waals surface area contributed by atoms with Gasteiger partial charge in [-0.25, -0.2) is 15.0 Å².